The zero-order valence-electron chi connectivity index (χ0n) is 12.5. The van der Waals surface area contributed by atoms with Crippen molar-refractivity contribution in [2.75, 3.05) is 0 Å². The standard InChI is InChI=1S/C20H16OSTe/c21-22(18-12-6-2-7-13-18)16-20(17-10-4-1-5-11-17)23-19-14-8-3-9-15-19/h1-16H/b20-16-. The van der Waals surface area contributed by atoms with E-state index in [-0.39, 0.29) is 0 Å². The first-order chi connectivity index (χ1) is 11.3. The van der Waals surface area contributed by atoms with Crippen LogP contribution in [-0.2, 0) is 10.8 Å². The predicted octanol–water partition coefficient (Wildman–Crippen LogP) is 3.82. The molecule has 0 bridgehead atoms. The summed E-state index contributed by atoms with van der Waals surface area (Å²) in [6.45, 7) is 0. The summed E-state index contributed by atoms with van der Waals surface area (Å²) < 4.78 is 15.2. The van der Waals surface area contributed by atoms with Crippen LogP contribution in [0.25, 0.3) is 3.62 Å². The molecule has 3 aromatic rings. The molecule has 1 nitrogen and oxygen atoms in total. The summed E-state index contributed by atoms with van der Waals surface area (Å²) in [5, 5.41) is 1.93. The first kappa shape index (κ1) is 16.2. The second-order valence-corrected chi connectivity index (χ2v) is 9.36. The van der Waals surface area contributed by atoms with Gasteiger partial charge in [0.05, 0.1) is 0 Å². The molecule has 114 valence electrons. The Morgan fingerprint density at radius 2 is 1.26 bits per heavy atom. The summed E-state index contributed by atoms with van der Waals surface area (Å²) in [6.07, 6.45) is 0. The third-order valence-corrected chi connectivity index (χ3v) is 7.96. The van der Waals surface area contributed by atoms with Crippen LogP contribution in [0.4, 0.5) is 0 Å². The van der Waals surface area contributed by atoms with E-state index in [1.165, 1.54) is 12.8 Å². The van der Waals surface area contributed by atoms with Gasteiger partial charge in [0, 0.05) is 0 Å². The third-order valence-electron chi connectivity index (χ3n) is 3.22. The van der Waals surface area contributed by atoms with Gasteiger partial charge in [-0.25, -0.2) is 0 Å². The summed E-state index contributed by atoms with van der Waals surface area (Å²) >= 11 is -0.583. The molecule has 0 saturated carbocycles. The van der Waals surface area contributed by atoms with Crippen LogP contribution in [0, 0.1) is 0 Å². The molecule has 0 aliphatic carbocycles. The van der Waals surface area contributed by atoms with Crippen molar-refractivity contribution in [3.63, 3.8) is 0 Å². The van der Waals surface area contributed by atoms with Gasteiger partial charge in [0.15, 0.2) is 0 Å². The molecule has 0 radical (unpaired) electrons. The molecule has 0 fully saturated rings. The predicted molar refractivity (Wildman–Crippen MR) is 99.1 cm³/mol. The van der Waals surface area contributed by atoms with Crippen LogP contribution < -0.4 is 3.61 Å². The van der Waals surface area contributed by atoms with Gasteiger partial charge in [0.2, 0.25) is 0 Å². The van der Waals surface area contributed by atoms with Crippen LogP contribution in [0.3, 0.4) is 0 Å². The van der Waals surface area contributed by atoms with E-state index in [2.05, 4.69) is 36.4 Å². The molecular weight excluding hydrogens is 416 g/mol. The van der Waals surface area contributed by atoms with Crippen LogP contribution in [0.2, 0.25) is 0 Å². The van der Waals surface area contributed by atoms with Crippen molar-refractivity contribution in [3.8, 4) is 0 Å². The van der Waals surface area contributed by atoms with Gasteiger partial charge in [-0.15, -0.1) is 0 Å². The van der Waals surface area contributed by atoms with Gasteiger partial charge in [-0.05, 0) is 0 Å². The molecule has 0 heterocycles. The number of hydrogen-bond donors (Lipinski definition) is 0. The Bertz CT molecular complexity index is 799. The van der Waals surface area contributed by atoms with E-state index >= 15 is 0 Å². The molecule has 0 aromatic heterocycles. The second-order valence-electron chi connectivity index (χ2n) is 4.87. The van der Waals surface area contributed by atoms with Crippen molar-refractivity contribution in [3.05, 3.63) is 102 Å². The first-order valence-corrected chi connectivity index (χ1v) is 10.8. The van der Waals surface area contributed by atoms with E-state index in [4.69, 9.17) is 0 Å². The van der Waals surface area contributed by atoms with Gasteiger partial charge in [-0.1, -0.05) is 0 Å². The van der Waals surface area contributed by atoms with Crippen molar-refractivity contribution in [1.82, 2.24) is 0 Å². The fourth-order valence-corrected chi connectivity index (χ4v) is 6.48. The van der Waals surface area contributed by atoms with Crippen molar-refractivity contribution in [2.45, 2.75) is 4.90 Å². The summed E-state index contributed by atoms with van der Waals surface area (Å²) in [5.74, 6) is 0. The SMILES string of the molecule is O=S(/C=C(\[Te]c1ccccc1)c1ccccc1)c1ccccc1. The maximum absolute atomic E-state index is 12.7. The van der Waals surface area contributed by atoms with Crippen LogP contribution in [-0.4, -0.2) is 25.1 Å². The molecule has 3 rings (SSSR count). The average Bonchev–Trinajstić information content (AvgIpc) is 2.63. The van der Waals surface area contributed by atoms with E-state index in [1.54, 1.807) is 0 Å². The molecule has 3 heteroatoms. The fraction of sp³-hybridized carbons (Fsp3) is 0. The Hall–Kier alpha value is -1.66. The molecule has 0 N–H and O–H groups in total. The van der Waals surface area contributed by atoms with Gasteiger partial charge in [-0.2, -0.15) is 0 Å². The first-order valence-electron chi connectivity index (χ1n) is 7.29. The molecule has 0 amide bonds. The maximum atomic E-state index is 12.7. The Morgan fingerprint density at radius 1 is 0.739 bits per heavy atom. The monoisotopic (exact) mass is 434 g/mol. The van der Waals surface area contributed by atoms with Crippen molar-refractivity contribution in [1.29, 1.82) is 0 Å². The Kier molecular flexibility index (Phi) is 5.82. The van der Waals surface area contributed by atoms with Crippen molar-refractivity contribution in [2.24, 2.45) is 0 Å². The summed E-state index contributed by atoms with van der Waals surface area (Å²) in [6, 6.07) is 30.4. The van der Waals surface area contributed by atoms with Crippen LogP contribution in [0.1, 0.15) is 5.56 Å². The van der Waals surface area contributed by atoms with Gasteiger partial charge >= 0.3 is 150 Å². The molecule has 0 aliphatic rings. The van der Waals surface area contributed by atoms with E-state index < -0.39 is 31.7 Å². The van der Waals surface area contributed by atoms with Gasteiger partial charge in [0.25, 0.3) is 0 Å². The zero-order chi connectivity index (χ0) is 15.9. The van der Waals surface area contributed by atoms with Crippen molar-refractivity contribution < 1.29 is 4.21 Å². The molecule has 1 atom stereocenters. The normalized spacial score (nSPS) is 12.8. The minimum atomic E-state index is -1.12. The van der Waals surface area contributed by atoms with Gasteiger partial charge < -0.3 is 0 Å². The molecule has 3 aromatic carbocycles. The van der Waals surface area contributed by atoms with Gasteiger partial charge in [-0.3, -0.25) is 0 Å². The Labute approximate surface area is 149 Å². The Morgan fingerprint density at radius 3 is 1.87 bits per heavy atom. The number of rotatable bonds is 5. The topological polar surface area (TPSA) is 17.1 Å². The Balaban J connectivity index is 1.95. The quantitative estimate of drug-likeness (QED) is 0.561. The second kappa shape index (κ2) is 8.26. The van der Waals surface area contributed by atoms with Crippen LogP contribution in [0.15, 0.2) is 101 Å². The summed E-state index contributed by atoms with van der Waals surface area (Å²) in [4.78, 5) is 0.849. The molecular formula is C20H16OSTe. The number of hydrogen-bond acceptors (Lipinski definition) is 1. The minimum absolute atomic E-state index is 0.583. The molecule has 0 spiro atoms. The van der Waals surface area contributed by atoms with Crippen LogP contribution >= 0.6 is 0 Å². The van der Waals surface area contributed by atoms with E-state index in [0.29, 0.717) is 0 Å². The molecule has 0 aliphatic heterocycles. The average molecular weight is 432 g/mol. The van der Waals surface area contributed by atoms with Crippen LogP contribution in [0.5, 0.6) is 0 Å². The summed E-state index contributed by atoms with van der Waals surface area (Å²) in [7, 11) is -1.12. The van der Waals surface area contributed by atoms with Crippen molar-refractivity contribution >= 4 is 39.0 Å². The molecule has 23 heavy (non-hydrogen) atoms. The van der Waals surface area contributed by atoms with E-state index in [0.717, 1.165) is 4.90 Å². The third kappa shape index (κ3) is 4.65. The summed E-state index contributed by atoms with van der Waals surface area (Å²) in [5.41, 5.74) is 1.17. The van der Waals surface area contributed by atoms with E-state index in [9.17, 15) is 4.21 Å². The molecule has 0 saturated heterocycles. The zero-order valence-corrected chi connectivity index (χ0v) is 15.6. The van der Waals surface area contributed by atoms with Gasteiger partial charge in [0.1, 0.15) is 0 Å². The van der Waals surface area contributed by atoms with E-state index in [1.807, 2.05) is 60.0 Å². The fourth-order valence-electron chi connectivity index (χ4n) is 2.09. The number of benzene rings is 3. The molecule has 1 unspecified atom stereocenters.